The minimum atomic E-state index is 0.312. The van der Waals surface area contributed by atoms with Crippen LogP contribution in [-0.2, 0) is 0 Å². The highest BCUT2D eigenvalue weighted by Crippen LogP contribution is 2.25. The van der Waals surface area contributed by atoms with Gasteiger partial charge in [-0.1, -0.05) is 23.7 Å². The fraction of sp³-hybridized carbons (Fsp3) is 0.222. The molecule has 1 radical (unpaired) electrons. The maximum absolute atomic E-state index is 5.73. The van der Waals surface area contributed by atoms with Gasteiger partial charge in [0.25, 0.3) is 0 Å². The van der Waals surface area contributed by atoms with E-state index in [1.54, 1.807) is 11.8 Å². The quantitative estimate of drug-likeness (QED) is 0.679. The van der Waals surface area contributed by atoms with Gasteiger partial charge in [-0.25, -0.2) is 0 Å². The van der Waals surface area contributed by atoms with Crippen LogP contribution in [0.4, 0.5) is 0 Å². The van der Waals surface area contributed by atoms with Gasteiger partial charge in [0.05, 0.1) is 0 Å². The molecule has 0 saturated heterocycles. The number of halogens is 1. The number of thioether (sulfide) groups is 1. The third-order valence-electron chi connectivity index (χ3n) is 1.53. The van der Waals surface area contributed by atoms with Crippen molar-refractivity contribution in [2.24, 2.45) is 0 Å². The largest absolute Gasteiger partial charge is 0.157 e. The third kappa shape index (κ3) is 2.42. The lowest BCUT2D eigenvalue weighted by Crippen LogP contribution is -1.85. The molecule has 2 heteroatoms. The summed E-state index contributed by atoms with van der Waals surface area (Å²) >= 11 is 7.46. The van der Waals surface area contributed by atoms with Gasteiger partial charge in [-0.2, -0.15) is 11.8 Å². The normalized spacial score (nSPS) is 13.0. The van der Waals surface area contributed by atoms with Crippen LogP contribution in [0.1, 0.15) is 10.8 Å². The number of hydrogen-bond donors (Lipinski definition) is 0. The van der Waals surface area contributed by atoms with Crippen LogP contribution in [0.15, 0.2) is 24.3 Å². The van der Waals surface area contributed by atoms with Crippen LogP contribution in [0.3, 0.4) is 0 Å². The van der Waals surface area contributed by atoms with Crippen LogP contribution >= 0.6 is 23.4 Å². The van der Waals surface area contributed by atoms with Crippen molar-refractivity contribution in [1.82, 2.24) is 0 Å². The van der Waals surface area contributed by atoms with Gasteiger partial charge in [-0.15, -0.1) is 0 Å². The minimum absolute atomic E-state index is 0.312. The van der Waals surface area contributed by atoms with Crippen molar-refractivity contribution in [2.45, 2.75) is 5.25 Å². The molecule has 0 amide bonds. The van der Waals surface area contributed by atoms with Crippen molar-refractivity contribution in [3.63, 3.8) is 0 Å². The molecule has 0 aliphatic rings. The van der Waals surface area contributed by atoms with Gasteiger partial charge in [-0.05, 0) is 30.9 Å². The number of benzene rings is 1. The first kappa shape index (κ1) is 8.95. The Balaban J connectivity index is 2.81. The lowest BCUT2D eigenvalue weighted by Gasteiger charge is -2.07. The molecule has 1 aromatic rings. The predicted molar refractivity (Wildman–Crippen MR) is 53.1 cm³/mol. The van der Waals surface area contributed by atoms with E-state index in [2.05, 4.69) is 6.92 Å². The highest BCUT2D eigenvalue weighted by atomic mass is 35.5. The van der Waals surface area contributed by atoms with Gasteiger partial charge in [0.2, 0.25) is 0 Å². The van der Waals surface area contributed by atoms with E-state index in [1.165, 1.54) is 5.56 Å². The highest BCUT2D eigenvalue weighted by Gasteiger charge is 2.01. The molecule has 11 heavy (non-hydrogen) atoms. The van der Waals surface area contributed by atoms with Gasteiger partial charge < -0.3 is 0 Å². The van der Waals surface area contributed by atoms with Gasteiger partial charge in [0.15, 0.2) is 0 Å². The first-order valence-electron chi connectivity index (χ1n) is 3.35. The molecule has 0 aromatic heterocycles. The predicted octanol–water partition coefficient (Wildman–Crippen LogP) is 3.58. The molecule has 0 aliphatic heterocycles. The van der Waals surface area contributed by atoms with Gasteiger partial charge in [-0.3, -0.25) is 0 Å². The number of rotatable bonds is 2. The van der Waals surface area contributed by atoms with E-state index in [1.807, 2.05) is 30.5 Å². The smallest absolute Gasteiger partial charge is 0.0406 e. The van der Waals surface area contributed by atoms with E-state index in [0.717, 1.165) is 5.02 Å². The molecular formula is C9H10ClS. The zero-order valence-corrected chi connectivity index (χ0v) is 7.95. The summed E-state index contributed by atoms with van der Waals surface area (Å²) in [5, 5.41) is 1.09. The Morgan fingerprint density at radius 3 is 2.36 bits per heavy atom. The van der Waals surface area contributed by atoms with Crippen molar-refractivity contribution < 1.29 is 0 Å². The molecule has 1 unspecified atom stereocenters. The summed E-state index contributed by atoms with van der Waals surface area (Å²) in [6.07, 6.45) is 2.05. The summed E-state index contributed by atoms with van der Waals surface area (Å²) in [7, 11) is 0. The van der Waals surface area contributed by atoms with Gasteiger partial charge >= 0.3 is 0 Å². The molecule has 0 aliphatic carbocycles. The SMILES string of the molecule is [CH2]C(SC)c1ccc(Cl)cc1. The molecule has 59 valence electrons. The molecule has 0 fully saturated rings. The van der Waals surface area contributed by atoms with E-state index in [0.29, 0.717) is 5.25 Å². The second-order valence-corrected chi connectivity index (χ2v) is 3.75. The molecule has 1 aromatic carbocycles. The Bertz CT molecular complexity index is 218. The average Bonchev–Trinajstić information content (AvgIpc) is 2.05. The van der Waals surface area contributed by atoms with Crippen LogP contribution in [0.25, 0.3) is 0 Å². The summed E-state index contributed by atoms with van der Waals surface area (Å²) in [5.41, 5.74) is 1.22. The van der Waals surface area contributed by atoms with Crippen molar-refractivity contribution in [1.29, 1.82) is 0 Å². The van der Waals surface area contributed by atoms with Crippen LogP contribution in [0.2, 0.25) is 5.02 Å². The van der Waals surface area contributed by atoms with E-state index >= 15 is 0 Å². The lowest BCUT2D eigenvalue weighted by molar-refractivity contribution is 1.23. The summed E-state index contributed by atoms with van der Waals surface area (Å²) in [5.74, 6) is 0. The summed E-state index contributed by atoms with van der Waals surface area (Å²) in [4.78, 5) is 0. The second kappa shape index (κ2) is 4.03. The fourth-order valence-corrected chi connectivity index (χ4v) is 1.37. The van der Waals surface area contributed by atoms with Crippen molar-refractivity contribution in [2.75, 3.05) is 6.26 Å². The standard InChI is InChI=1S/C9H10ClS/c1-7(11-2)8-3-5-9(10)6-4-8/h3-7H,1H2,2H3. The van der Waals surface area contributed by atoms with Crippen LogP contribution < -0.4 is 0 Å². The molecule has 0 N–H and O–H groups in total. The van der Waals surface area contributed by atoms with Crippen LogP contribution in [0, 0.1) is 6.92 Å². The first-order chi connectivity index (χ1) is 5.24. The van der Waals surface area contributed by atoms with Gasteiger partial charge in [0.1, 0.15) is 0 Å². The monoisotopic (exact) mass is 185 g/mol. The van der Waals surface area contributed by atoms with Crippen LogP contribution in [0.5, 0.6) is 0 Å². The Labute approximate surface area is 77.0 Å². The Morgan fingerprint density at radius 2 is 1.91 bits per heavy atom. The molecule has 0 bridgehead atoms. The van der Waals surface area contributed by atoms with E-state index in [9.17, 15) is 0 Å². The molecule has 1 rings (SSSR count). The Kier molecular flexibility index (Phi) is 3.28. The second-order valence-electron chi connectivity index (χ2n) is 2.28. The average molecular weight is 186 g/mol. The maximum Gasteiger partial charge on any atom is 0.0406 e. The van der Waals surface area contributed by atoms with Gasteiger partial charge in [0, 0.05) is 10.3 Å². The molecule has 0 heterocycles. The molecule has 1 atom stereocenters. The van der Waals surface area contributed by atoms with Crippen molar-refractivity contribution in [3.8, 4) is 0 Å². The molecule has 0 nitrogen and oxygen atoms in total. The lowest BCUT2D eigenvalue weighted by atomic mass is 10.2. The zero-order valence-electron chi connectivity index (χ0n) is 6.38. The summed E-state index contributed by atoms with van der Waals surface area (Å²) in [6, 6.07) is 7.81. The maximum atomic E-state index is 5.73. The fourth-order valence-electron chi connectivity index (χ4n) is 0.814. The van der Waals surface area contributed by atoms with E-state index in [-0.39, 0.29) is 0 Å². The number of hydrogen-bond acceptors (Lipinski definition) is 1. The van der Waals surface area contributed by atoms with E-state index < -0.39 is 0 Å². The van der Waals surface area contributed by atoms with E-state index in [4.69, 9.17) is 11.6 Å². The zero-order chi connectivity index (χ0) is 8.27. The third-order valence-corrected chi connectivity index (χ3v) is 2.62. The molecule has 0 spiro atoms. The summed E-state index contributed by atoms with van der Waals surface area (Å²) < 4.78 is 0. The first-order valence-corrected chi connectivity index (χ1v) is 5.02. The molecule has 0 saturated carbocycles. The topological polar surface area (TPSA) is 0 Å². The Morgan fingerprint density at radius 1 is 1.36 bits per heavy atom. The summed E-state index contributed by atoms with van der Waals surface area (Å²) in [6.45, 7) is 3.98. The van der Waals surface area contributed by atoms with Crippen LogP contribution in [-0.4, -0.2) is 6.26 Å². The highest BCUT2D eigenvalue weighted by molar-refractivity contribution is 7.98. The van der Waals surface area contributed by atoms with Crippen molar-refractivity contribution in [3.05, 3.63) is 41.8 Å². The molecular weight excluding hydrogens is 176 g/mol. The Hall–Kier alpha value is -0.140. The van der Waals surface area contributed by atoms with Crippen molar-refractivity contribution >= 4 is 23.4 Å². The minimum Gasteiger partial charge on any atom is -0.157 e.